The van der Waals surface area contributed by atoms with Crippen molar-refractivity contribution in [2.75, 3.05) is 39.5 Å². The van der Waals surface area contributed by atoms with E-state index in [1.54, 1.807) is 31.1 Å². The van der Waals surface area contributed by atoms with E-state index in [2.05, 4.69) is 34.7 Å². The Hall–Kier alpha value is -3.31. The molecule has 216 valence electrons. The lowest BCUT2D eigenvalue weighted by Gasteiger charge is -2.29. The second-order valence-electron chi connectivity index (χ2n) is 9.82. The lowest BCUT2D eigenvalue weighted by atomic mass is 9.85. The molecular formula is C28H44N6O4S. The van der Waals surface area contributed by atoms with Crippen LogP contribution >= 0.6 is 12.2 Å². The molecule has 1 aliphatic carbocycles. The standard InChI is InChI=1S/C19H27N3O3.C9H17N3OS/c1-4-13-5-9-15(10-6-13)20-17(23)18(24)21-16-11-7-14(8-12-16)19(25)22(2)3;1-4-12(3)6-5-7(2)11-9(14)8(10)13/h5-6,9-10,14,16H,4,7-8,11-12H2,1-3H3,(H,20,23)(H,21,24);5H,4,6H2,1-3H3,(H2,10,13)(H,11,14)/b;7-5+. The van der Waals surface area contributed by atoms with Crippen LogP contribution in [0.2, 0.25) is 0 Å². The first-order valence-electron chi connectivity index (χ1n) is 13.3. The predicted octanol–water partition coefficient (Wildman–Crippen LogP) is 2.19. The summed E-state index contributed by atoms with van der Waals surface area (Å²) in [5, 5.41) is 8.14. The predicted molar refractivity (Wildman–Crippen MR) is 159 cm³/mol. The van der Waals surface area contributed by atoms with Crippen molar-refractivity contribution in [1.82, 2.24) is 20.4 Å². The van der Waals surface area contributed by atoms with Gasteiger partial charge in [0, 0.05) is 44.0 Å². The van der Waals surface area contributed by atoms with Gasteiger partial charge in [0.25, 0.3) is 5.91 Å². The van der Waals surface area contributed by atoms with Crippen molar-refractivity contribution in [3.05, 3.63) is 41.6 Å². The number of thiocarbonyl (C=S) groups is 1. The third kappa shape index (κ3) is 12.9. The fourth-order valence-electron chi connectivity index (χ4n) is 3.83. The number of aryl methyl sites for hydroxylation is 1. The summed E-state index contributed by atoms with van der Waals surface area (Å²) in [6.07, 6.45) is 5.79. The van der Waals surface area contributed by atoms with Gasteiger partial charge in [0.05, 0.1) is 0 Å². The van der Waals surface area contributed by atoms with Gasteiger partial charge >= 0.3 is 11.8 Å². The minimum Gasteiger partial charge on any atom is -0.364 e. The van der Waals surface area contributed by atoms with Crippen LogP contribution in [-0.4, -0.2) is 78.7 Å². The second-order valence-corrected chi connectivity index (χ2v) is 10.2. The van der Waals surface area contributed by atoms with Gasteiger partial charge in [0.2, 0.25) is 5.91 Å². The zero-order valence-electron chi connectivity index (χ0n) is 24.0. The molecule has 1 fully saturated rings. The Labute approximate surface area is 237 Å². The summed E-state index contributed by atoms with van der Waals surface area (Å²) in [5.74, 6) is -1.72. The van der Waals surface area contributed by atoms with Crippen LogP contribution in [0.5, 0.6) is 0 Å². The molecule has 1 aromatic rings. The highest BCUT2D eigenvalue weighted by Gasteiger charge is 2.29. The van der Waals surface area contributed by atoms with Gasteiger partial charge in [-0.15, -0.1) is 0 Å². The minimum absolute atomic E-state index is 0.0223. The van der Waals surface area contributed by atoms with Gasteiger partial charge in [0.1, 0.15) is 0 Å². The fourth-order valence-corrected chi connectivity index (χ4v) is 3.99. The third-order valence-corrected chi connectivity index (χ3v) is 6.77. The molecule has 39 heavy (non-hydrogen) atoms. The van der Waals surface area contributed by atoms with Crippen molar-refractivity contribution < 1.29 is 19.2 Å². The number of rotatable bonds is 8. The van der Waals surface area contributed by atoms with E-state index in [1.165, 1.54) is 5.56 Å². The Morgan fingerprint density at radius 1 is 1.00 bits per heavy atom. The fraction of sp³-hybridized carbons (Fsp3) is 0.536. The Bertz CT molecular complexity index is 1020. The van der Waals surface area contributed by atoms with Crippen molar-refractivity contribution in [2.24, 2.45) is 11.7 Å². The van der Waals surface area contributed by atoms with Gasteiger partial charge in [-0.1, -0.05) is 44.3 Å². The van der Waals surface area contributed by atoms with E-state index in [4.69, 9.17) is 18.0 Å². The van der Waals surface area contributed by atoms with Crippen LogP contribution in [-0.2, 0) is 25.6 Å². The van der Waals surface area contributed by atoms with E-state index in [0.717, 1.165) is 38.0 Å². The molecule has 0 radical (unpaired) electrons. The number of hydrogen-bond donors (Lipinski definition) is 4. The monoisotopic (exact) mass is 560 g/mol. The van der Waals surface area contributed by atoms with Crippen LogP contribution in [0, 0.1) is 5.92 Å². The molecule has 0 heterocycles. The van der Waals surface area contributed by atoms with Crippen molar-refractivity contribution in [3.63, 3.8) is 0 Å². The number of allylic oxidation sites excluding steroid dienone is 1. The van der Waals surface area contributed by atoms with Gasteiger partial charge in [-0.2, -0.15) is 0 Å². The minimum atomic E-state index is -0.657. The number of nitrogens with one attached hydrogen (secondary N) is 3. The molecule has 0 bridgehead atoms. The van der Waals surface area contributed by atoms with E-state index in [9.17, 15) is 19.2 Å². The number of hydrogen-bond acceptors (Lipinski definition) is 6. The maximum atomic E-state index is 12.1. The van der Waals surface area contributed by atoms with Gasteiger partial charge in [-0.3, -0.25) is 19.2 Å². The maximum Gasteiger partial charge on any atom is 0.313 e. The van der Waals surface area contributed by atoms with Crippen LogP contribution < -0.4 is 21.7 Å². The molecule has 5 N–H and O–H groups in total. The molecule has 2 rings (SSSR count). The summed E-state index contributed by atoms with van der Waals surface area (Å²) >= 11 is 4.72. The number of amides is 4. The Kier molecular flexibility index (Phi) is 15.0. The second kappa shape index (κ2) is 17.3. The normalized spacial score (nSPS) is 16.8. The summed E-state index contributed by atoms with van der Waals surface area (Å²) in [5.41, 5.74) is 7.61. The van der Waals surface area contributed by atoms with E-state index >= 15 is 0 Å². The van der Waals surface area contributed by atoms with Crippen LogP contribution in [0.25, 0.3) is 0 Å². The molecule has 0 atom stereocenters. The molecule has 0 aromatic heterocycles. The quantitative estimate of drug-likeness (QED) is 0.283. The number of likely N-dealkylation sites (N-methyl/N-ethyl adjacent to an activating group) is 1. The van der Waals surface area contributed by atoms with E-state index in [-0.39, 0.29) is 22.9 Å². The SMILES string of the molecule is CCN(C)C/C=C(\C)NC(=S)C(N)=O.CCc1ccc(NC(=O)C(=O)NC2CCC(C(=O)N(C)C)CC2)cc1. The van der Waals surface area contributed by atoms with Crippen molar-refractivity contribution >= 4 is 46.5 Å². The van der Waals surface area contributed by atoms with Crippen molar-refractivity contribution in [1.29, 1.82) is 0 Å². The average Bonchev–Trinajstić information content (AvgIpc) is 2.92. The summed E-state index contributed by atoms with van der Waals surface area (Å²) in [6.45, 7) is 7.77. The smallest absolute Gasteiger partial charge is 0.313 e. The first kappa shape index (κ1) is 33.7. The summed E-state index contributed by atoms with van der Waals surface area (Å²) in [4.78, 5) is 50.4. The molecule has 11 heteroatoms. The van der Waals surface area contributed by atoms with E-state index in [0.29, 0.717) is 18.5 Å². The molecule has 0 saturated heterocycles. The molecular weight excluding hydrogens is 516 g/mol. The zero-order valence-corrected chi connectivity index (χ0v) is 24.8. The molecule has 1 aromatic carbocycles. The molecule has 0 unspecified atom stereocenters. The molecule has 0 aliphatic heterocycles. The van der Waals surface area contributed by atoms with Gasteiger partial charge in [-0.05, 0) is 70.3 Å². The summed E-state index contributed by atoms with van der Waals surface area (Å²) in [7, 11) is 5.53. The number of anilines is 1. The Balaban J connectivity index is 0.000000464. The number of primary amides is 1. The third-order valence-electron chi connectivity index (χ3n) is 6.46. The number of nitrogens with two attached hydrogens (primary N) is 1. The molecule has 1 aliphatic rings. The van der Waals surface area contributed by atoms with Gasteiger partial charge in [-0.25, -0.2) is 0 Å². The number of carbonyl (C=O) groups is 4. The van der Waals surface area contributed by atoms with Crippen molar-refractivity contribution in [3.8, 4) is 0 Å². The first-order valence-corrected chi connectivity index (χ1v) is 13.7. The molecule has 10 nitrogen and oxygen atoms in total. The van der Waals surface area contributed by atoms with Gasteiger partial charge < -0.3 is 31.5 Å². The van der Waals surface area contributed by atoms with Crippen LogP contribution in [0.1, 0.15) is 52.0 Å². The highest BCUT2D eigenvalue weighted by atomic mass is 32.1. The number of nitrogens with zero attached hydrogens (tertiary/aromatic N) is 2. The zero-order chi connectivity index (χ0) is 29.5. The Morgan fingerprint density at radius 2 is 1.59 bits per heavy atom. The average molecular weight is 561 g/mol. The van der Waals surface area contributed by atoms with Crippen LogP contribution in [0.3, 0.4) is 0 Å². The Morgan fingerprint density at radius 3 is 2.08 bits per heavy atom. The lowest BCUT2D eigenvalue weighted by Crippen LogP contribution is -2.44. The largest absolute Gasteiger partial charge is 0.364 e. The van der Waals surface area contributed by atoms with E-state index in [1.807, 2.05) is 32.2 Å². The highest BCUT2D eigenvalue weighted by Crippen LogP contribution is 2.25. The number of carbonyl (C=O) groups excluding carboxylic acids is 4. The lowest BCUT2D eigenvalue weighted by molar-refractivity contribution is -0.137. The summed E-state index contributed by atoms with van der Waals surface area (Å²) < 4.78 is 0. The van der Waals surface area contributed by atoms with Crippen LogP contribution in [0.4, 0.5) is 5.69 Å². The molecule has 0 spiro atoms. The summed E-state index contributed by atoms with van der Waals surface area (Å²) in [6, 6.07) is 7.39. The van der Waals surface area contributed by atoms with Gasteiger partial charge in [0.15, 0.2) is 4.99 Å². The topological polar surface area (TPSA) is 137 Å². The number of benzene rings is 1. The molecule has 4 amide bonds. The first-order chi connectivity index (χ1) is 18.4. The van der Waals surface area contributed by atoms with Crippen LogP contribution in [0.15, 0.2) is 36.0 Å². The maximum absolute atomic E-state index is 12.1. The highest BCUT2D eigenvalue weighted by molar-refractivity contribution is 7.82. The molecule has 1 saturated carbocycles. The van der Waals surface area contributed by atoms with E-state index < -0.39 is 17.7 Å². The van der Waals surface area contributed by atoms with Crippen molar-refractivity contribution in [2.45, 2.75) is 58.9 Å².